The smallest absolute Gasteiger partial charge is 0.421 e. The second-order valence-electron chi connectivity index (χ2n) is 7.60. The largest absolute Gasteiger partial charge is 0.457 e. The van der Waals surface area contributed by atoms with Gasteiger partial charge in [-0.25, -0.2) is 8.98 Å². The second kappa shape index (κ2) is 7.46. The van der Waals surface area contributed by atoms with Crippen molar-refractivity contribution in [2.75, 3.05) is 26.4 Å². The zero-order valence-electron chi connectivity index (χ0n) is 15.5. The molecule has 0 radical (unpaired) electrons. The Bertz CT molecular complexity index is 765. The van der Waals surface area contributed by atoms with Gasteiger partial charge in [-0.05, 0) is 26.7 Å². The van der Waals surface area contributed by atoms with Gasteiger partial charge in [0.15, 0.2) is 0 Å². The highest BCUT2D eigenvalue weighted by Gasteiger charge is 2.49. The number of ether oxygens (including phenoxy) is 2. The number of nitrogens with two attached hydrogens (primary N) is 1. The first-order chi connectivity index (χ1) is 13.0. The van der Waals surface area contributed by atoms with Crippen molar-refractivity contribution >= 4 is 28.3 Å². The molecule has 3 heterocycles. The molecular weight excluding hydrogens is 398 g/mol. The molecule has 28 heavy (non-hydrogen) atoms. The van der Waals surface area contributed by atoms with Crippen LogP contribution in [-0.4, -0.2) is 80.8 Å². The Hall–Kier alpha value is -1.96. The normalized spacial score (nSPS) is 25.6. The Morgan fingerprint density at radius 1 is 1.29 bits per heavy atom. The van der Waals surface area contributed by atoms with Crippen LogP contribution in [0, 0.1) is 5.41 Å². The summed E-state index contributed by atoms with van der Waals surface area (Å²) in [6.45, 7) is 3.10. The molecule has 3 rings (SSSR count). The number of urea groups is 1. The maximum Gasteiger partial charge on any atom is 0.421 e. The van der Waals surface area contributed by atoms with E-state index in [4.69, 9.17) is 23.7 Å². The maximum atomic E-state index is 12.4. The summed E-state index contributed by atoms with van der Waals surface area (Å²) in [5, 5.41) is 0.676. The van der Waals surface area contributed by atoms with Crippen LogP contribution in [0.4, 0.5) is 4.79 Å². The summed E-state index contributed by atoms with van der Waals surface area (Å²) < 4.78 is 44.0. The van der Waals surface area contributed by atoms with E-state index in [2.05, 4.69) is 0 Å². The van der Waals surface area contributed by atoms with Crippen molar-refractivity contribution in [2.24, 2.45) is 11.1 Å². The standard InChI is InChI=1S/C15H23N3O9S/c1-15(2,13(20)26-10-6-24-7-10)8-25-28(22,23)27-18-9-3-4-11(12(16)19)17(5-9)14(18)21/h9-11H,3-8H2,1-2H3,(H2,16,19)/t9-,11+/m1/s1. The van der Waals surface area contributed by atoms with Crippen molar-refractivity contribution in [3.05, 3.63) is 0 Å². The fourth-order valence-electron chi connectivity index (χ4n) is 3.02. The highest BCUT2D eigenvalue weighted by Crippen LogP contribution is 2.31. The summed E-state index contributed by atoms with van der Waals surface area (Å²) in [5.74, 6) is -1.30. The first kappa shape index (κ1) is 20.8. The molecule has 2 atom stereocenters. The van der Waals surface area contributed by atoms with Crippen molar-refractivity contribution in [1.82, 2.24) is 9.96 Å². The average molecular weight is 421 g/mol. The Kier molecular flexibility index (Phi) is 5.53. The summed E-state index contributed by atoms with van der Waals surface area (Å²) in [7, 11) is -4.63. The number of hydrogen-bond acceptors (Lipinski definition) is 9. The summed E-state index contributed by atoms with van der Waals surface area (Å²) in [6, 6.07) is -2.12. The molecule has 3 amide bonds. The van der Waals surface area contributed by atoms with Gasteiger partial charge in [-0.1, -0.05) is 0 Å². The van der Waals surface area contributed by atoms with E-state index in [0.717, 1.165) is 0 Å². The van der Waals surface area contributed by atoms with Gasteiger partial charge in [-0.15, -0.1) is 4.28 Å². The molecule has 0 saturated carbocycles. The van der Waals surface area contributed by atoms with Crippen molar-refractivity contribution in [1.29, 1.82) is 0 Å². The summed E-state index contributed by atoms with van der Waals surface area (Å²) in [4.78, 5) is 37.1. The van der Waals surface area contributed by atoms with Gasteiger partial charge in [0.05, 0.1) is 31.3 Å². The van der Waals surface area contributed by atoms with Crippen molar-refractivity contribution in [3.8, 4) is 0 Å². The molecule has 0 aliphatic carbocycles. The summed E-state index contributed by atoms with van der Waals surface area (Å²) in [5.41, 5.74) is 4.01. The maximum absolute atomic E-state index is 12.4. The first-order valence-electron chi connectivity index (χ1n) is 8.77. The molecule has 2 N–H and O–H groups in total. The van der Waals surface area contributed by atoms with E-state index < -0.39 is 52.4 Å². The molecule has 0 aromatic carbocycles. The highest BCUT2D eigenvalue weighted by atomic mass is 32.3. The predicted octanol–water partition coefficient (Wildman–Crippen LogP) is -1.10. The number of hydroxylamine groups is 2. The van der Waals surface area contributed by atoms with Crippen LogP contribution in [0.25, 0.3) is 0 Å². The number of piperidine rings is 1. The monoisotopic (exact) mass is 421 g/mol. The molecule has 0 spiro atoms. The molecule has 0 unspecified atom stereocenters. The van der Waals surface area contributed by atoms with E-state index in [-0.39, 0.29) is 12.6 Å². The number of esters is 1. The quantitative estimate of drug-likeness (QED) is 0.481. The molecule has 3 aliphatic heterocycles. The first-order valence-corrected chi connectivity index (χ1v) is 10.1. The van der Waals surface area contributed by atoms with Gasteiger partial charge < -0.3 is 20.1 Å². The zero-order valence-corrected chi connectivity index (χ0v) is 16.3. The third-order valence-corrected chi connectivity index (χ3v) is 5.57. The second-order valence-corrected chi connectivity index (χ2v) is 8.80. The van der Waals surface area contributed by atoms with E-state index in [9.17, 15) is 22.8 Å². The van der Waals surface area contributed by atoms with Gasteiger partial charge in [-0.2, -0.15) is 13.5 Å². The van der Waals surface area contributed by atoms with E-state index in [1.54, 1.807) is 0 Å². The van der Waals surface area contributed by atoms with Crippen molar-refractivity contribution in [3.63, 3.8) is 0 Å². The summed E-state index contributed by atoms with van der Waals surface area (Å²) in [6.07, 6.45) is 0.316. The van der Waals surface area contributed by atoms with Crippen LogP contribution in [-0.2, 0) is 37.9 Å². The number of rotatable bonds is 8. The molecule has 0 aromatic rings. The lowest BCUT2D eigenvalue weighted by Crippen LogP contribution is -2.47. The van der Waals surface area contributed by atoms with Gasteiger partial charge >= 0.3 is 22.4 Å². The number of carbonyl (C=O) groups excluding carboxylic acids is 3. The highest BCUT2D eigenvalue weighted by molar-refractivity contribution is 7.81. The molecule has 3 aliphatic rings. The number of nitrogens with zero attached hydrogens (tertiary/aromatic N) is 2. The minimum atomic E-state index is -4.63. The third kappa shape index (κ3) is 4.21. The number of fused-ring (bicyclic) bond motifs is 2. The third-order valence-electron chi connectivity index (χ3n) is 4.82. The van der Waals surface area contributed by atoms with Crippen LogP contribution in [0.15, 0.2) is 0 Å². The van der Waals surface area contributed by atoms with E-state index >= 15 is 0 Å². The van der Waals surface area contributed by atoms with Crippen molar-refractivity contribution < 1.29 is 40.7 Å². The molecule has 0 aromatic heterocycles. The molecule has 12 nitrogen and oxygen atoms in total. The fraction of sp³-hybridized carbons (Fsp3) is 0.800. The minimum absolute atomic E-state index is 0.128. The molecular formula is C15H23N3O9S. The van der Waals surface area contributed by atoms with Crippen molar-refractivity contribution in [2.45, 2.75) is 44.9 Å². The van der Waals surface area contributed by atoms with Crippen LogP contribution in [0.1, 0.15) is 26.7 Å². The number of amides is 3. The van der Waals surface area contributed by atoms with Gasteiger partial charge in [0.25, 0.3) is 0 Å². The lowest BCUT2D eigenvalue weighted by molar-refractivity contribution is -0.183. The lowest BCUT2D eigenvalue weighted by Gasteiger charge is -2.30. The minimum Gasteiger partial charge on any atom is -0.457 e. The van der Waals surface area contributed by atoms with Gasteiger partial charge in [0.2, 0.25) is 5.91 Å². The number of carbonyl (C=O) groups is 3. The van der Waals surface area contributed by atoms with Gasteiger partial charge in [-0.3, -0.25) is 9.59 Å². The van der Waals surface area contributed by atoms with Gasteiger partial charge in [0.1, 0.15) is 12.1 Å². The molecule has 2 bridgehead atoms. The van der Waals surface area contributed by atoms with Gasteiger partial charge in [0, 0.05) is 6.54 Å². The SMILES string of the molecule is CC(C)(COS(=O)(=O)ON1C(=O)N2C[C@H]1CC[C@H]2C(N)=O)C(=O)OC1COC1. The average Bonchev–Trinajstić information content (AvgIpc) is 2.80. The van der Waals surface area contributed by atoms with Crippen LogP contribution in [0.2, 0.25) is 0 Å². The van der Waals surface area contributed by atoms with E-state index in [0.29, 0.717) is 31.1 Å². The van der Waals surface area contributed by atoms with Crippen LogP contribution >= 0.6 is 0 Å². The molecule has 3 fully saturated rings. The molecule has 158 valence electrons. The fourth-order valence-corrected chi connectivity index (χ4v) is 3.88. The Balaban J connectivity index is 1.57. The Morgan fingerprint density at radius 3 is 2.54 bits per heavy atom. The van der Waals surface area contributed by atoms with Crippen LogP contribution < -0.4 is 5.73 Å². The van der Waals surface area contributed by atoms with E-state index in [1.165, 1.54) is 18.7 Å². The summed E-state index contributed by atoms with van der Waals surface area (Å²) >= 11 is 0. The molecule has 13 heteroatoms. The van der Waals surface area contributed by atoms with E-state index in [1.807, 2.05) is 0 Å². The van der Waals surface area contributed by atoms with Crippen LogP contribution in [0.5, 0.6) is 0 Å². The Labute approximate surface area is 162 Å². The number of primary amides is 1. The molecule has 3 saturated heterocycles. The lowest BCUT2D eigenvalue weighted by atomic mass is 9.95. The Morgan fingerprint density at radius 2 is 1.96 bits per heavy atom. The van der Waals surface area contributed by atoms with Crippen LogP contribution in [0.3, 0.4) is 0 Å². The zero-order chi connectivity index (χ0) is 20.7. The number of hydrogen-bond donors (Lipinski definition) is 1. The predicted molar refractivity (Wildman–Crippen MR) is 90.4 cm³/mol. The topological polar surface area (TPSA) is 155 Å².